The van der Waals surface area contributed by atoms with Crippen molar-refractivity contribution in [3.05, 3.63) is 29.3 Å². The van der Waals surface area contributed by atoms with Crippen molar-refractivity contribution in [2.24, 2.45) is 5.73 Å². The van der Waals surface area contributed by atoms with Crippen LogP contribution in [0.3, 0.4) is 0 Å². The van der Waals surface area contributed by atoms with Crippen LogP contribution in [-0.2, 0) is 6.42 Å². The summed E-state index contributed by atoms with van der Waals surface area (Å²) < 4.78 is 31.5. The average molecular weight is 215 g/mol. The average Bonchev–Trinajstić information content (AvgIpc) is 2.10. The molecule has 0 aliphatic carbocycles. The quantitative estimate of drug-likeness (QED) is 0.836. The lowest BCUT2D eigenvalue weighted by atomic mass is 10.1. The van der Waals surface area contributed by atoms with E-state index in [2.05, 4.69) is 0 Å². The lowest BCUT2D eigenvalue weighted by Crippen LogP contribution is -2.18. The van der Waals surface area contributed by atoms with E-state index in [4.69, 9.17) is 10.5 Å². The van der Waals surface area contributed by atoms with Gasteiger partial charge in [0.25, 0.3) is 0 Å². The van der Waals surface area contributed by atoms with Gasteiger partial charge in [-0.25, -0.2) is 8.78 Å². The smallest absolute Gasteiger partial charge is 0.190 e. The number of rotatable bonds is 4. The molecule has 1 aromatic carbocycles. The number of halogens is 2. The van der Waals surface area contributed by atoms with Crippen molar-refractivity contribution in [2.75, 3.05) is 6.61 Å². The molecule has 0 saturated carbocycles. The normalized spacial score (nSPS) is 12.6. The number of ether oxygens (including phenoxy) is 1. The van der Waals surface area contributed by atoms with Crippen molar-refractivity contribution in [3.8, 4) is 5.75 Å². The highest BCUT2D eigenvalue weighted by atomic mass is 19.1. The minimum Gasteiger partial charge on any atom is -0.488 e. The van der Waals surface area contributed by atoms with Crippen molar-refractivity contribution in [3.63, 3.8) is 0 Å². The molecule has 1 unspecified atom stereocenters. The van der Waals surface area contributed by atoms with Gasteiger partial charge in [0.1, 0.15) is 0 Å². The topological polar surface area (TPSA) is 35.2 Å². The van der Waals surface area contributed by atoms with Crippen LogP contribution in [0.2, 0.25) is 0 Å². The van der Waals surface area contributed by atoms with Crippen molar-refractivity contribution >= 4 is 0 Å². The zero-order valence-corrected chi connectivity index (χ0v) is 8.89. The Bertz CT molecular complexity index is 316. The summed E-state index contributed by atoms with van der Waals surface area (Å²) in [6.45, 7) is 3.70. The molecule has 0 amide bonds. The second-order valence-corrected chi connectivity index (χ2v) is 3.50. The summed E-state index contributed by atoms with van der Waals surface area (Å²) in [5.74, 6) is -1.66. The van der Waals surface area contributed by atoms with Gasteiger partial charge in [0.15, 0.2) is 17.4 Å². The second kappa shape index (κ2) is 5.07. The Morgan fingerprint density at radius 3 is 2.27 bits per heavy atom. The molecule has 0 radical (unpaired) electrons. The molecule has 84 valence electrons. The Kier molecular flexibility index (Phi) is 4.03. The zero-order chi connectivity index (χ0) is 11.4. The van der Waals surface area contributed by atoms with E-state index in [1.54, 1.807) is 13.8 Å². The summed E-state index contributed by atoms with van der Waals surface area (Å²) in [5.41, 5.74) is 6.09. The van der Waals surface area contributed by atoms with Gasteiger partial charge < -0.3 is 10.5 Å². The first-order chi connectivity index (χ1) is 7.04. The van der Waals surface area contributed by atoms with Crippen LogP contribution in [0, 0.1) is 11.6 Å². The van der Waals surface area contributed by atoms with Crippen LogP contribution in [-0.4, -0.2) is 12.6 Å². The predicted octanol–water partition coefficient (Wildman–Crippen LogP) is 2.25. The van der Waals surface area contributed by atoms with Gasteiger partial charge in [-0.05, 0) is 38.0 Å². The third kappa shape index (κ3) is 3.16. The molecule has 0 spiro atoms. The van der Waals surface area contributed by atoms with Gasteiger partial charge in [0.2, 0.25) is 0 Å². The first kappa shape index (κ1) is 11.9. The van der Waals surface area contributed by atoms with Crippen LogP contribution in [0.25, 0.3) is 0 Å². The van der Waals surface area contributed by atoms with Crippen molar-refractivity contribution in [2.45, 2.75) is 26.3 Å². The molecule has 1 aromatic rings. The molecule has 0 saturated heterocycles. The SMILES string of the molecule is CCOc1c(F)cc(CC(C)N)cc1F. The van der Waals surface area contributed by atoms with Gasteiger partial charge >= 0.3 is 0 Å². The van der Waals surface area contributed by atoms with E-state index in [1.165, 1.54) is 12.1 Å². The Morgan fingerprint density at radius 2 is 1.87 bits per heavy atom. The first-order valence-electron chi connectivity index (χ1n) is 4.91. The number of nitrogens with two attached hydrogens (primary N) is 1. The fraction of sp³-hybridized carbons (Fsp3) is 0.455. The van der Waals surface area contributed by atoms with Crippen molar-refractivity contribution in [1.29, 1.82) is 0 Å². The summed E-state index contributed by atoms with van der Waals surface area (Å²) in [7, 11) is 0. The van der Waals surface area contributed by atoms with E-state index < -0.39 is 11.6 Å². The minimum absolute atomic E-state index is 0.123. The molecule has 4 heteroatoms. The molecule has 0 aromatic heterocycles. The standard InChI is InChI=1S/C11H15F2NO/c1-3-15-11-9(12)5-8(4-7(2)14)6-10(11)13/h5-7H,3-4,14H2,1-2H3. The molecule has 2 N–H and O–H groups in total. The Balaban J connectivity index is 2.97. The second-order valence-electron chi connectivity index (χ2n) is 3.50. The predicted molar refractivity (Wildman–Crippen MR) is 54.9 cm³/mol. The summed E-state index contributed by atoms with van der Waals surface area (Å²) in [4.78, 5) is 0. The molecule has 0 bridgehead atoms. The lowest BCUT2D eigenvalue weighted by Gasteiger charge is -2.09. The third-order valence-electron chi connectivity index (χ3n) is 1.90. The van der Waals surface area contributed by atoms with E-state index in [9.17, 15) is 8.78 Å². The van der Waals surface area contributed by atoms with E-state index in [1.807, 2.05) is 0 Å². The van der Waals surface area contributed by atoms with Crippen LogP contribution in [0.5, 0.6) is 5.75 Å². The van der Waals surface area contributed by atoms with Gasteiger partial charge in [-0.2, -0.15) is 0 Å². The maximum atomic E-state index is 13.3. The van der Waals surface area contributed by atoms with Crippen LogP contribution < -0.4 is 10.5 Å². The molecule has 1 rings (SSSR count). The molecule has 1 atom stereocenters. The van der Waals surface area contributed by atoms with E-state index in [0.717, 1.165) is 0 Å². The maximum Gasteiger partial charge on any atom is 0.190 e. The molecule has 0 heterocycles. The van der Waals surface area contributed by atoms with Crippen molar-refractivity contribution in [1.82, 2.24) is 0 Å². The number of benzene rings is 1. The maximum absolute atomic E-state index is 13.3. The zero-order valence-electron chi connectivity index (χ0n) is 8.89. The number of hydrogen-bond donors (Lipinski definition) is 1. The van der Waals surface area contributed by atoms with E-state index in [-0.39, 0.29) is 18.4 Å². The minimum atomic E-state index is -0.674. The summed E-state index contributed by atoms with van der Waals surface area (Å²) >= 11 is 0. The Hall–Kier alpha value is -1.16. The number of hydrogen-bond acceptors (Lipinski definition) is 2. The van der Waals surface area contributed by atoms with Gasteiger partial charge in [-0.1, -0.05) is 0 Å². The van der Waals surface area contributed by atoms with E-state index in [0.29, 0.717) is 12.0 Å². The van der Waals surface area contributed by atoms with Gasteiger partial charge in [0.05, 0.1) is 6.61 Å². The van der Waals surface area contributed by atoms with Crippen molar-refractivity contribution < 1.29 is 13.5 Å². The first-order valence-corrected chi connectivity index (χ1v) is 4.91. The molecular weight excluding hydrogens is 200 g/mol. The molecule has 2 nitrogen and oxygen atoms in total. The molecule has 0 aliphatic rings. The fourth-order valence-electron chi connectivity index (χ4n) is 1.38. The Morgan fingerprint density at radius 1 is 1.33 bits per heavy atom. The van der Waals surface area contributed by atoms with Crippen LogP contribution in [0.15, 0.2) is 12.1 Å². The van der Waals surface area contributed by atoms with Crippen LogP contribution in [0.4, 0.5) is 8.78 Å². The molecular formula is C11H15F2NO. The van der Waals surface area contributed by atoms with Crippen LogP contribution >= 0.6 is 0 Å². The molecule has 0 aliphatic heterocycles. The molecule has 0 fully saturated rings. The fourth-order valence-corrected chi connectivity index (χ4v) is 1.38. The summed E-state index contributed by atoms with van der Waals surface area (Å²) in [6, 6.07) is 2.40. The highest BCUT2D eigenvalue weighted by molar-refractivity contribution is 5.31. The monoisotopic (exact) mass is 215 g/mol. The van der Waals surface area contributed by atoms with E-state index >= 15 is 0 Å². The summed E-state index contributed by atoms with van der Waals surface area (Å²) in [5, 5.41) is 0. The van der Waals surface area contributed by atoms with Crippen LogP contribution in [0.1, 0.15) is 19.4 Å². The molecule has 15 heavy (non-hydrogen) atoms. The van der Waals surface area contributed by atoms with Gasteiger partial charge in [-0.15, -0.1) is 0 Å². The third-order valence-corrected chi connectivity index (χ3v) is 1.90. The summed E-state index contributed by atoms with van der Waals surface area (Å²) in [6.07, 6.45) is 0.445. The van der Waals surface area contributed by atoms with Gasteiger partial charge in [-0.3, -0.25) is 0 Å². The lowest BCUT2D eigenvalue weighted by molar-refractivity contribution is 0.302. The van der Waals surface area contributed by atoms with Gasteiger partial charge in [0, 0.05) is 6.04 Å². The Labute approximate surface area is 88.0 Å². The largest absolute Gasteiger partial charge is 0.488 e. The highest BCUT2D eigenvalue weighted by Crippen LogP contribution is 2.23. The highest BCUT2D eigenvalue weighted by Gasteiger charge is 2.12.